The number of para-hydroxylation sites is 1. The fourth-order valence-electron chi connectivity index (χ4n) is 4.83. The molecule has 0 bridgehead atoms. The van der Waals surface area contributed by atoms with Crippen molar-refractivity contribution in [1.29, 1.82) is 0 Å². The third-order valence-corrected chi connectivity index (χ3v) is 6.93. The van der Waals surface area contributed by atoms with Crippen LogP contribution in [-0.4, -0.2) is 40.9 Å². The van der Waals surface area contributed by atoms with E-state index >= 15 is 0 Å². The summed E-state index contributed by atoms with van der Waals surface area (Å²) in [5.74, 6) is -6.60. The Balaban J connectivity index is 1.79. The molecule has 0 radical (unpaired) electrons. The quantitative estimate of drug-likeness (QED) is 0.316. The van der Waals surface area contributed by atoms with Crippen molar-refractivity contribution < 1.29 is 45.2 Å². The second-order valence-electron chi connectivity index (χ2n) is 9.95. The summed E-state index contributed by atoms with van der Waals surface area (Å²) in [5.41, 5.74) is 5.45. The van der Waals surface area contributed by atoms with Crippen LogP contribution in [0.2, 0.25) is 0 Å². The van der Waals surface area contributed by atoms with Crippen molar-refractivity contribution in [3.63, 3.8) is 0 Å². The Bertz CT molecular complexity index is 1580. The van der Waals surface area contributed by atoms with Crippen molar-refractivity contribution in [2.24, 2.45) is 16.6 Å². The maximum atomic E-state index is 13.6. The molecule has 1 aliphatic heterocycles. The summed E-state index contributed by atoms with van der Waals surface area (Å²) in [6.07, 6.45) is -12.6. The number of nitrogens with one attached hydrogen (secondary N) is 2. The summed E-state index contributed by atoms with van der Waals surface area (Å²) in [4.78, 5) is 43.6. The van der Waals surface area contributed by atoms with Gasteiger partial charge in [-0.1, -0.05) is 35.5 Å². The number of anilines is 1. The number of carbonyl (C=O) groups is 3. The molecule has 1 aliphatic rings. The van der Waals surface area contributed by atoms with Crippen LogP contribution in [0.5, 0.6) is 0 Å². The number of benzodiazepines with no additional fused rings is 1. The van der Waals surface area contributed by atoms with Crippen LogP contribution in [0.3, 0.4) is 0 Å². The maximum absolute atomic E-state index is 13.6. The molecule has 0 aliphatic carbocycles. The van der Waals surface area contributed by atoms with Crippen LogP contribution in [0, 0.1) is 19.8 Å². The molecule has 3 aromatic rings. The number of carbonyl (C=O) groups excluding carboxylic acids is 3. The fraction of sp³-hybridized carbons (Fsp3) is 0.321. The van der Waals surface area contributed by atoms with Gasteiger partial charge in [0, 0.05) is 23.1 Å². The lowest BCUT2D eigenvalue weighted by Gasteiger charge is -2.25. The first kappa shape index (κ1) is 31.3. The largest absolute Gasteiger partial charge is 0.416 e. The molecule has 228 valence electrons. The predicted molar refractivity (Wildman–Crippen MR) is 141 cm³/mol. The zero-order chi connectivity index (χ0) is 31.7. The minimum Gasteiger partial charge on any atom is -0.369 e. The van der Waals surface area contributed by atoms with Crippen molar-refractivity contribution >= 4 is 29.1 Å². The molecular formula is C28H25F6N5O4. The van der Waals surface area contributed by atoms with Crippen LogP contribution < -0.4 is 16.4 Å². The van der Waals surface area contributed by atoms with Gasteiger partial charge in [0.25, 0.3) is 5.91 Å². The van der Waals surface area contributed by atoms with Crippen LogP contribution in [0.4, 0.5) is 32.0 Å². The monoisotopic (exact) mass is 609 g/mol. The van der Waals surface area contributed by atoms with Gasteiger partial charge in [0.15, 0.2) is 0 Å². The van der Waals surface area contributed by atoms with Crippen molar-refractivity contribution in [3.8, 4) is 0 Å². The van der Waals surface area contributed by atoms with Gasteiger partial charge in [0.05, 0.1) is 34.5 Å². The lowest BCUT2D eigenvalue weighted by Crippen LogP contribution is -2.47. The van der Waals surface area contributed by atoms with Gasteiger partial charge in [0.2, 0.25) is 18.0 Å². The van der Waals surface area contributed by atoms with E-state index in [1.807, 2.05) is 0 Å². The number of nitrogens with zero attached hydrogens (tertiary/aromatic N) is 2. The van der Waals surface area contributed by atoms with Crippen molar-refractivity contribution in [3.05, 3.63) is 82.2 Å². The number of nitrogens with two attached hydrogens (primary N) is 1. The normalized spacial score (nSPS) is 16.8. The highest BCUT2D eigenvalue weighted by Gasteiger charge is 2.41. The summed E-state index contributed by atoms with van der Waals surface area (Å²) in [6, 6.07) is 8.89. The van der Waals surface area contributed by atoms with E-state index < -0.39 is 66.5 Å². The molecular weight excluding hydrogens is 584 g/mol. The second-order valence-corrected chi connectivity index (χ2v) is 9.95. The van der Waals surface area contributed by atoms with Crippen LogP contribution in [0.15, 0.2) is 58.2 Å². The summed E-state index contributed by atoms with van der Waals surface area (Å²) in [7, 11) is 0. The number of aryl methyl sites for hydroxylation is 2. The number of fused-ring (bicyclic) bond motifs is 1. The first-order valence-electron chi connectivity index (χ1n) is 12.8. The summed E-state index contributed by atoms with van der Waals surface area (Å²) in [5, 5.41) is 8.47. The Kier molecular flexibility index (Phi) is 8.64. The number of amides is 3. The van der Waals surface area contributed by atoms with E-state index in [2.05, 4.69) is 20.8 Å². The van der Waals surface area contributed by atoms with E-state index in [4.69, 9.17) is 10.3 Å². The number of aliphatic imine (C=N–C) groups is 1. The lowest BCUT2D eigenvalue weighted by atomic mass is 9.82. The molecule has 0 saturated carbocycles. The lowest BCUT2D eigenvalue weighted by molar-refractivity contribution is -0.144. The Hall–Kier alpha value is -4.69. The third kappa shape index (κ3) is 7.04. The summed E-state index contributed by atoms with van der Waals surface area (Å²) >= 11 is 0. The molecule has 15 heteroatoms. The van der Waals surface area contributed by atoms with Gasteiger partial charge in [-0.15, -0.1) is 0 Å². The summed E-state index contributed by atoms with van der Waals surface area (Å²) in [6.45, 7) is 3.03. The highest BCUT2D eigenvalue weighted by molar-refractivity contribution is 6.20. The van der Waals surface area contributed by atoms with E-state index in [0.717, 1.165) is 24.5 Å². The first-order valence-corrected chi connectivity index (χ1v) is 12.8. The Morgan fingerprint density at radius 2 is 1.79 bits per heavy atom. The van der Waals surface area contributed by atoms with E-state index in [1.54, 1.807) is 19.1 Å². The predicted octanol–water partition coefficient (Wildman–Crippen LogP) is 4.77. The number of hydrogen-bond acceptors (Lipinski definition) is 6. The van der Waals surface area contributed by atoms with Gasteiger partial charge in [-0.3, -0.25) is 14.4 Å². The molecule has 0 saturated heterocycles. The molecule has 0 fully saturated rings. The molecule has 2 heterocycles. The number of aromatic nitrogens is 1. The number of hydrogen-bond donors (Lipinski definition) is 3. The van der Waals surface area contributed by atoms with Gasteiger partial charge < -0.3 is 20.9 Å². The van der Waals surface area contributed by atoms with Gasteiger partial charge in [-0.2, -0.15) is 26.3 Å². The fourth-order valence-corrected chi connectivity index (χ4v) is 4.83. The average Bonchev–Trinajstić information content (AvgIpc) is 3.27. The minimum absolute atomic E-state index is 0.0173. The topological polar surface area (TPSA) is 140 Å². The van der Waals surface area contributed by atoms with Crippen LogP contribution in [0.1, 0.15) is 52.3 Å². The highest BCUT2D eigenvalue weighted by atomic mass is 19.4. The standard InChI is InChI=1S/C28H25F6N5O4/c1-13-5-3-8-18-21(13)37-26(42)24(36-22(18)15-6-4-7-16(11-15)28(32,33)34)38-25(41)17(9-10-27(29,30)31)20(23(35)40)19-12-43-39-14(19)2/h3-8,11-12,17,20,24H,9-10H2,1-2H3,(H2,35,40)(H,37,42)(H,38,41)/t17?,20?,24-/m1/s1. The van der Waals surface area contributed by atoms with E-state index in [0.29, 0.717) is 5.56 Å². The third-order valence-electron chi connectivity index (χ3n) is 6.93. The maximum Gasteiger partial charge on any atom is 0.416 e. The number of primary amides is 1. The molecule has 0 spiro atoms. The van der Waals surface area contributed by atoms with E-state index in [-0.39, 0.29) is 33.8 Å². The van der Waals surface area contributed by atoms with Gasteiger partial charge >= 0.3 is 12.4 Å². The Morgan fingerprint density at radius 1 is 1.09 bits per heavy atom. The molecule has 2 unspecified atom stereocenters. The average molecular weight is 610 g/mol. The summed E-state index contributed by atoms with van der Waals surface area (Å²) < 4.78 is 85.1. The molecule has 4 rings (SSSR count). The van der Waals surface area contributed by atoms with E-state index in [1.165, 1.54) is 19.1 Å². The molecule has 43 heavy (non-hydrogen) atoms. The zero-order valence-electron chi connectivity index (χ0n) is 22.6. The molecule has 9 nitrogen and oxygen atoms in total. The van der Waals surface area contributed by atoms with Crippen LogP contribution in [-0.2, 0) is 20.6 Å². The molecule has 3 amide bonds. The number of halogens is 6. The van der Waals surface area contributed by atoms with Crippen molar-refractivity contribution in [2.45, 2.75) is 51.1 Å². The Morgan fingerprint density at radius 3 is 2.40 bits per heavy atom. The van der Waals surface area contributed by atoms with Gasteiger partial charge in [-0.05, 0) is 38.0 Å². The number of benzene rings is 2. The van der Waals surface area contributed by atoms with Crippen molar-refractivity contribution in [2.75, 3.05) is 5.32 Å². The Labute approximate surface area is 240 Å². The van der Waals surface area contributed by atoms with Crippen molar-refractivity contribution in [1.82, 2.24) is 10.5 Å². The molecule has 4 N–H and O–H groups in total. The van der Waals surface area contributed by atoms with Gasteiger partial charge in [0.1, 0.15) is 6.26 Å². The first-order chi connectivity index (χ1) is 20.1. The SMILES string of the molecule is Cc1cccc2c1NC(=O)[C@@H](NC(=O)C(CCC(F)(F)F)C(C(N)=O)c1conc1C)N=C2c1cccc(C(F)(F)F)c1. The van der Waals surface area contributed by atoms with E-state index in [9.17, 15) is 40.7 Å². The van der Waals surface area contributed by atoms with Gasteiger partial charge in [-0.25, -0.2) is 4.99 Å². The molecule has 2 aromatic carbocycles. The second kappa shape index (κ2) is 11.9. The van der Waals surface area contributed by atoms with Crippen LogP contribution >= 0.6 is 0 Å². The smallest absolute Gasteiger partial charge is 0.369 e. The highest BCUT2D eigenvalue weighted by Crippen LogP contribution is 2.35. The number of rotatable bonds is 8. The number of alkyl halides is 6. The minimum atomic E-state index is -4.71. The molecule has 1 aromatic heterocycles. The molecule has 3 atom stereocenters. The van der Waals surface area contributed by atoms with Crippen LogP contribution in [0.25, 0.3) is 0 Å². The zero-order valence-corrected chi connectivity index (χ0v) is 22.6.